The summed E-state index contributed by atoms with van der Waals surface area (Å²) in [5.41, 5.74) is 2.99. The highest BCUT2D eigenvalue weighted by molar-refractivity contribution is 6.00. The van der Waals surface area contributed by atoms with E-state index in [9.17, 15) is 4.79 Å². The number of methoxy groups -OCH3 is 1. The average molecular weight is 270 g/mol. The maximum Gasteiger partial charge on any atom is 0.167 e. The Bertz CT molecular complexity index is 536. The van der Waals surface area contributed by atoms with E-state index in [1.165, 1.54) is 0 Å². The maximum absolute atomic E-state index is 12.6. The quantitative estimate of drug-likeness (QED) is 0.815. The Labute approximate surface area is 121 Å². The molecule has 2 heteroatoms. The third-order valence-corrected chi connectivity index (χ3v) is 3.85. The second-order valence-electron chi connectivity index (χ2n) is 5.90. The lowest BCUT2D eigenvalue weighted by Gasteiger charge is -2.31. The number of benzene rings is 1. The van der Waals surface area contributed by atoms with Crippen molar-refractivity contribution >= 4 is 5.78 Å². The summed E-state index contributed by atoms with van der Waals surface area (Å²) >= 11 is 0. The summed E-state index contributed by atoms with van der Waals surface area (Å²) in [5, 5.41) is 0. The molecule has 0 bridgehead atoms. The molecule has 0 radical (unpaired) electrons. The van der Waals surface area contributed by atoms with Crippen LogP contribution in [0, 0.1) is 5.41 Å². The van der Waals surface area contributed by atoms with E-state index in [4.69, 9.17) is 4.74 Å². The summed E-state index contributed by atoms with van der Waals surface area (Å²) in [6.45, 7) is 4.86. The van der Waals surface area contributed by atoms with Crippen molar-refractivity contribution in [3.05, 3.63) is 59.2 Å². The molecule has 2 nitrogen and oxygen atoms in total. The van der Waals surface area contributed by atoms with Crippen LogP contribution < -0.4 is 0 Å². The molecule has 0 unspecified atom stereocenters. The van der Waals surface area contributed by atoms with Gasteiger partial charge < -0.3 is 4.74 Å². The number of hydrogen-bond donors (Lipinski definition) is 0. The van der Waals surface area contributed by atoms with E-state index in [1.54, 1.807) is 7.11 Å². The number of ether oxygens (including phenoxy) is 1. The molecule has 1 aromatic rings. The number of allylic oxidation sites excluding steroid dienone is 3. The van der Waals surface area contributed by atoms with Crippen LogP contribution in [0.2, 0.25) is 0 Å². The van der Waals surface area contributed by atoms with Gasteiger partial charge in [0.05, 0.1) is 6.61 Å². The number of hydrogen-bond acceptors (Lipinski definition) is 2. The SMILES string of the molecule is COCC1=C(C(=O)Cc2ccccc2)C=CCC1(C)C. The predicted octanol–water partition coefficient (Wildman–Crippen LogP) is 3.73. The van der Waals surface area contributed by atoms with Crippen LogP contribution in [0.3, 0.4) is 0 Å². The zero-order chi connectivity index (χ0) is 14.6. The van der Waals surface area contributed by atoms with Crippen LogP contribution in [0.5, 0.6) is 0 Å². The van der Waals surface area contributed by atoms with Crippen LogP contribution >= 0.6 is 0 Å². The molecule has 20 heavy (non-hydrogen) atoms. The highest BCUT2D eigenvalue weighted by atomic mass is 16.5. The van der Waals surface area contributed by atoms with Gasteiger partial charge in [-0.25, -0.2) is 0 Å². The third kappa shape index (κ3) is 3.26. The summed E-state index contributed by atoms with van der Waals surface area (Å²) in [6, 6.07) is 9.88. The van der Waals surface area contributed by atoms with E-state index >= 15 is 0 Å². The van der Waals surface area contributed by atoms with Crippen LogP contribution in [-0.4, -0.2) is 19.5 Å². The summed E-state index contributed by atoms with van der Waals surface area (Å²) in [5.74, 6) is 0.173. The Morgan fingerprint density at radius 2 is 1.95 bits per heavy atom. The molecule has 0 aromatic heterocycles. The highest BCUT2D eigenvalue weighted by Crippen LogP contribution is 2.37. The van der Waals surface area contributed by atoms with Gasteiger partial charge in [-0.15, -0.1) is 0 Å². The number of ketones is 1. The fourth-order valence-electron chi connectivity index (χ4n) is 2.61. The minimum absolute atomic E-state index is 0.00750. The van der Waals surface area contributed by atoms with Crippen molar-refractivity contribution in [3.8, 4) is 0 Å². The van der Waals surface area contributed by atoms with Gasteiger partial charge >= 0.3 is 0 Å². The lowest BCUT2D eigenvalue weighted by molar-refractivity contribution is -0.114. The van der Waals surface area contributed by atoms with Crippen molar-refractivity contribution in [3.63, 3.8) is 0 Å². The molecule has 106 valence electrons. The van der Waals surface area contributed by atoms with E-state index in [0.717, 1.165) is 23.1 Å². The summed E-state index contributed by atoms with van der Waals surface area (Å²) in [6.07, 6.45) is 5.46. The van der Waals surface area contributed by atoms with Crippen LogP contribution in [0.15, 0.2) is 53.6 Å². The number of Topliss-reactive ketones (excluding diaryl/α,β-unsaturated/α-hetero) is 1. The van der Waals surface area contributed by atoms with Crippen molar-refractivity contribution in [2.75, 3.05) is 13.7 Å². The molecule has 0 heterocycles. The molecule has 1 aromatic carbocycles. The zero-order valence-electron chi connectivity index (χ0n) is 12.5. The largest absolute Gasteiger partial charge is 0.380 e. The van der Waals surface area contributed by atoms with E-state index in [0.29, 0.717) is 13.0 Å². The molecule has 0 atom stereocenters. The first-order chi connectivity index (χ1) is 9.54. The fourth-order valence-corrected chi connectivity index (χ4v) is 2.61. The van der Waals surface area contributed by atoms with Gasteiger partial charge in [-0.05, 0) is 23.0 Å². The second kappa shape index (κ2) is 6.19. The molecule has 0 amide bonds. The zero-order valence-corrected chi connectivity index (χ0v) is 12.5. The molecule has 0 saturated heterocycles. The molecular formula is C18H22O2. The van der Waals surface area contributed by atoms with Crippen molar-refractivity contribution in [1.29, 1.82) is 0 Å². The van der Waals surface area contributed by atoms with Crippen LogP contribution in [-0.2, 0) is 16.0 Å². The van der Waals surface area contributed by atoms with E-state index in [2.05, 4.69) is 19.9 Å². The van der Waals surface area contributed by atoms with E-state index in [1.807, 2.05) is 36.4 Å². The standard InChI is InChI=1S/C18H22O2/c1-18(2)11-7-10-15(16(18)13-20-3)17(19)12-14-8-5-4-6-9-14/h4-10H,11-13H2,1-3H3. The molecule has 0 aliphatic heterocycles. The van der Waals surface area contributed by atoms with Crippen molar-refractivity contribution in [2.45, 2.75) is 26.7 Å². The van der Waals surface area contributed by atoms with Crippen LogP contribution in [0.1, 0.15) is 25.8 Å². The minimum Gasteiger partial charge on any atom is -0.380 e. The molecule has 2 rings (SSSR count). The first-order valence-electron chi connectivity index (χ1n) is 7.01. The summed E-state index contributed by atoms with van der Waals surface area (Å²) in [7, 11) is 1.68. The van der Waals surface area contributed by atoms with E-state index in [-0.39, 0.29) is 11.2 Å². The highest BCUT2D eigenvalue weighted by Gasteiger charge is 2.29. The van der Waals surface area contributed by atoms with Gasteiger partial charge in [-0.3, -0.25) is 4.79 Å². The van der Waals surface area contributed by atoms with Gasteiger partial charge in [0.25, 0.3) is 0 Å². The van der Waals surface area contributed by atoms with E-state index < -0.39 is 0 Å². The number of carbonyl (C=O) groups is 1. The van der Waals surface area contributed by atoms with Crippen molar-refractivity contribution < 1.29 is 9.53 Å². The van der Waals surface area contributed by atoms with Crippen LogP contribution in [0.4, 0.5) is 0 Å². The Balaban J connectivity index is 2.28. The normalized spacial score (nSPS) is 17.4. The Hall–Kier alpha value is -1.67. The number of carbonyl (C=O) groups excluding carboxylic acids is 1. The lowest BCUT2D eigenvalue weighted by atomic mass is 9.74. The molecule has 0 fully saturated rings. The molecule has 1 aliphatic carbocycles. The molecule has 1 aliphatic rings. The average Bonchev–Trinajstić information content (AvgIpc) is 2.42. The number of rotatable bonds is 5. The maximum atomic E-state index is 12.6. The molecule has 0 N–H and O–H groups in total. The minimum atomic E-state index is -0.00750. The Morgan fingerprint density at radius 1 is 1.25 bits per heavy atom. The molecule has 0 spiro atoms. The van der Waals surface area contributed by atoms with Gasteiger partial charge in [0.1, 0.15) is 0 Å². The van der Waals surface area contributed by atoms with Crippen LogP contribution in [0.25, 0.3) is 0 Å². The van der Waals surface area contributed by atoms with Crippen molar-refractivity contribution in [1.82, 2.24) is 0 Å². The fraction of sp³-hybridized carbons (Fsp3) is 0.389. The second-order valence-corrected chi connectivity index (χ2v) is 5.90. The monoisotopic (exact) mass is 270 g/mol. The van der Waals surface area contributed by atoms with Gasteiger partial charge in [0.2, 0.25) is 0 Å². The summed E-state index contributed by atoms with van der Waals surface area (Å²) < 4.78 is 5.30. The Kier molecular flexibility index (Phi) is 4.56. The van der Waals surface area contributed by atoms with Gasteiger partial charge in [-0.2, -0.15) is 0 Å². The predicted molar refractivity (Wildman–Crippen MR) is 81.6 cm³/mol. The van der Waals surface area contributed by atoms with Crippen molar-refractivity contribution in [2.24, 2.45) is 5.41 Å². The summed E-state index contributed by atoms with van der Waals surface area (Å²) in [4.78, 5) is 12.6. The Morgan fingerprint density at radius 3 is 2.60 bits per heavy atom. The third-order valence-electron chi connectivity index (χ3n) is 3.85. The molecular weight excluding hydrogens is 248 g/mol. The lowest BCUT2D eigenvalue weighted by Crippen LogP contribution is -2.25. The van der Waals surface area contributed by atoms with Gasteiger partial charge in [-0.1, -0.05) is 56.3 Å². The first-order valence-corrected chi connectivity index (χ1v) is 7.01. The first kappa shape index (κ1) is 14.7. The van der Waals surface area contributed by atoms with Gasteiger partial charge in [0, 0.05) is 19.1 Å². The van der Waals surface area contributed by atoms with Gasteiger partial charge in [0.15, 0.2) is 5.78 Å². The smallest absolute Gasteiger partial charge is 0.167 e. The molecule has 0 saturated carbocycles. The topological polar surface area (TPSA) is 26.3 Å².